The summed E-state index contributed by atoms with van der Waals surface area (Å²) in [6, 6.07) is 63.2. The SMILES string of the molecule is CP(C)(=O)c1cccc(C2(c3ccccc3)c3ccccc3-c3ccc(-c4nc(-c5ccccc5)nc(-c5ccc(-c6ccccc6)cc5)n4)cc32)c1. The number of nitrogens with zero attached hydrogens (tertiary/aromatic N) is 3. The van der Waals surface area contributed by atoms with Gasteiger partial charge in [0.1, 0.15) is 7.14 Å². The fourth-order valence-corrected chi connectivity index (χ4v) is 8.66. The van der Waals surface area contributed by atoms with E-state index in [4.69, 9.17) is 15.0 Å². The van der Waals surface area contributed by atoms with Crippen LogP contribution >= 0.6 is 7.14 Å². The van der Waals surface area contributed by atoms with Crippen LogP contribution < -0.4 is 5.30 Å². The molecule has 1 aliphatic carbocycles. The zero-order valence-corrected chi connectivity index (χ0v) is 30.4. The maximum absolute atomic E-state index is 13.5. The van der Waals surface area contributed by atoms with Crippen LogP contribution in [0.25, 0.3) is 56.4 Å². The van der Waals surface area contributed by atoms with E-state index in [1.807, 2.05) is 61.9 Å². The average Bonchev–Trinajstić information content (AvgIpc) is 3.52. The van der Waals surface area contributed by atoms with Crippen molar-refractivity contribution < 1.29 is 4.57 Å². The molecule has 4 nitrogen and oxygen atoms in total. The van der Waals surface area contributed by atoms with Gasteiger partial charge in [0.25, 0.3) is 0 Å². The summed E-state index contributed by atoms with van der Waals surface area (Å²) >= 11 is 0. The number of hydrogen-bond donors (Lipinski definition) is 0. The lowest BCUT2D eigenvalue weighted by Crippen LogP contribution is -2.29. The largest absolute Gasteiger partial charge is 0.319 e. The molecule has 0 bridgehead atoms. The molecule has 1 atom stereocenters. The molecular weight excluding hydrogens is 666 g/mol. The Morgan fingerprint density at radius 1 is 0.396 bits per heavy atom. The molecule has 0 N–H and O–H groups in total. The molecule has 1 unspecified atom stereocenters. The fraction of sp³-hybridized carbons (Fsp3) is 0.0625. The van der Waals surface area contributed by atoms with Gasteiger partial charge in [0, 0.05) is 22.0 Å². The molecular formula is C48H36N3OP. The molecule has 1 aromatic heterocycles. The first-order valence-corrected chi connectivity index (χ1v) is 20.4. The predicted octanol–water partition coefficient (Wildman–Crippen LogP) is 11.2. The first kappa shape index (κ1) is 32.7. The van der Waals surface area contributed by atoms with Crippen molar-refractivity contribution in [3.05, 3.63) is 204 Å². The highest BCUT2D eigenvalue weighted by Gasteiger charge is 2.46. The lowest BCUT2D eigenvalue weighted by molar-refractivity contribution is 0.588. The Labute approximate surface area is 310 Å². The van der Waals surface area contributed by atoms with E-state index in [1.165, 1.54) is 11.1 Å². The molecule has 53 heavy (non-hydrogen) atoms. The summed E-state index contributed by atoms with van der Waals surface area (Å²) < 4.78 is 13.5. The van der Waals surface area contributed by atoms with Crippen LogP contribution in [0.15, 0.2) is 182 Å². The summed E-state index contributed by atoms with van der Waals surface area (Å²) in [5.74, 6) is 1.83. The zero-order valence-electron chi connectivity index (χ0n) is 29.5. The van der Waals surface area contributed by atoms with Gasteiger partial charge in [-0.3, -0.25) is 0 Å². The number of hydrogen-bond acceptors (Lipinski definition) is 4. The van der Waals surface area contributed by atoms with Gasteiger partial charge >= 0.3 is 0 Å². The Bertz CT molecular complexity index is 2650. The molecule has 7 aromatic carbocycles. The lowest BCUT2D eigenvalue weighted by atomic mass is 9.67. The second kappa shape index (κ2) is 13.1. The Morgan fingerprint density at radius 3 is 1.53 bits per heavy atom. The van der Waals surface area contributed by atoms with Crippen molar-refractivity contribution in [2.24, 2.45) is 0 Å². The van der Waals surface area contributed by atoms with Crippen LogP contribution in [0.2, 0.25) is 0 Å². The van der Waals surface area contributed by atoms with Gasteiger partial charge in [-0.1, -0.05) is 170 Å². The van der Waals surface area contributed by atoms with Crippen molar-refractivity contribution in [2.45, 2.75) is 5.41 Å². The molecule has 0 amide bonds. The maximum Gasteiger partial charge on any atom is 0.164 e. The summed E-state index contributed by atoms with van der Waals surface area (Å²) in [7, 11) is -2.55. The highest BCUT2D eigenvalue weighted by molar-refractivity contribution is 7.70. The minimum absolute atomic E-state index is 0.599. The van der Waals surface area contributed by atoms with Gasteiger partial charge in [0.2, 0.25) is 0 Å². The predicted molar refractivity (Wildman–Crippen MR) is 218 cm³/mol. The topological polar surface area (TPSA) is 55.7 Å². The summed E-state index contributed by atoms with van der Waals surface area (Å²) in [5.41, 5.74) is 11.2. The lowest BCUT2D eigenvalue weighted by Gasteiger charge is -2.34. The van der Waals surface area contributed by atoms with E-state index in [0.717, 1.165) is 55.4 Å². The van der Waals surface area contributed by atoms with Gasteiger partial charge in [-0.25, -0.2) is 15.0 Å². The summed E-state index contributed by atoms with van der Waals surface area (Å²) in [5, 5.41) is 0.861. The van der Waals surface area contributed by atoms with Gasteiger partial charge < -0.3 is 4.57 Å². The van der Waals surface area contributed by atoms with E-state index in [-0.39, 0.29) is 0 Å². The van der Waals surface area contributed by atoms with Crippen LogP contribution in [0.1, 0.15) is 22.3 Å². The number of benzene rings is 7. The normalized spacial score (nSPS) is 14.8. The molecule has 9 rings (SSSR count). The third-order valence-corrected chi connectivity index (χ3v) is 11.9. The molecule has 8 aromatic rings. The molecule has 0 saturated heterocycles. The molecule has 0 aliphatic heterocycles. The molecule has 0 fully saturated rings. The van der Waals surface area contributed by atoms with Crippen LogP contribution in [-0.2, 0) is 9.98 Å². The highest BCUT2D eigenvalue weighted by Crippen LogP contribution is 2.57. The Kier molecular flexibility index (Phi) is 8.06. The molecule has 0 radical (unpaired) electrons. The summed E-state index contributed by atoms with van der Waals surface area (Å²) in [4.78, 5) is 15.3. The van der Waals surface area contributed by atoms with Crippen molar-refractivity contribution in [3.63, 3.8) is 0 Å². The smallest absolute Gasteiger partial charge is 0.164 e. The third kappa shape index (κ3) is 5.73. The van der Waals surface area contributed by atoms with Crippen molar-refractivity contribution in [3.8, 4) is 56.4 Å². The van der Waals surface area contributed by atoms with Crippen LogP contribution in [-0.4, -0.2) is 28.3 Å². The van der Waals surface area contributed by atoms with E-state index < -0.39 is 12.6 Å². The Balaban J connectivity index is 1.27. The summed E-state index contributed by atoms with van der Waals surface area (Å²) in [6.07, 6.45) is 0. The van der Waals surface area contributed by atoms with Crippen molar-refractivity contribution in [1.82, 2.24) is 15.0 Å². The Hall–Kier alpha value is -6.22. The molecule has 1 aliphatic rings. The van der Waals surface area contributed by atoms with E-state index >= 15 is 0 Å². The molecule has 0 spiro atoms. The molecule has 0 saturated carbocycles. The quantitative estimate of drug-likeness (QED) is 0.155. The van der Waals surface area contributed by atoms with Crippen LogP contribution in [0.4, 0.5) is 0 Å². The van der Waals surface area contributed by atoms with Crippen LogP contribution in [0, 0.1) is 0 Å². The van der Waals surface area contributed by atoms with Crippen LogP contribution in [0.3, 0.4) is 0 Å². The van der Waals surface area contributed by atoms with Crippen molar-refractivity contribution in [2.75, 3.05) is 13.3 Å². The van der Waals surface area contributed by atoms with E-state index in [9.17, 15) is 4.57 Å². The minimum Gasteiger partial charge on any atom is -0.319 e. The van der Waals surface area contributed by atoms with Crippen LogP contribution in [0.5, 0.6) is 0 Å². The minimum atomic E-state index is -2.55. The second-order valence-corrected chi connectivity index (χ2v) is 17.2. The van der Waals surface area contributed by atoms with E-state index in [2.05, 4.69) is 133 Å². The van der Waals surface area contributed by atoms with Gasteiger partial charge in [-0.05, 0) is 70.0 Å². The molecule has 254 valence electrons. The standard InChI is InChI=1S/C48H36N3OP/c1-53(2,52)40-22-14-21-39(32-40)48(38-19-10-5-11-20-38)43-24-13-12-23-41(43)42-30-29-37(31-44(42)48)47-50-45(35-17-8-4-9-18-35)49-46(51-47)36-27-25-34(26-28-36)33-15-6-3-7-16-33/h3-32H,1-2H3. The second-order valence-electron chi connectivity index (χ2n) is 13.9. The number of aromatic nitrogens is 3. The highest BCUT2D eigenvalue weighted by atomic mass is 31.2. The third-order valence-electron chi connectivity index (χ3n) is 10.3. The summed E-state index contributed by atoms with van der Waals surface area (Å²) in [6.45, 7) is 3.68. The monoisotopic (exact) mass is 701 g/mol. The maximum atomic E-state index is 13.5. The first-order chi connectivity index (χ1) is 25.9. The van der Waals surface area contributed by atoms with Gasteiger partial charge in [0.05, 0.1) is 5.41 Å². The average molecular weight is 702 g/mol. The fourth-order valence-electron chi connectivity index (χ4n) is 7.76. The van der Waals surface area contributed by atoms with Crippen molar-refractivity contribution in [1.29, 1.82) is 0 Å². The van der Waals surface area contributed by atoms with E-state index in [1.54, 1.807) is 0 Å². The molecule has 5 heteroatoms. The Morgan fingerprint density at radius 2 is 0.868 bits per heavy atom. The zero-order chi connectivity index (χ0) is 36.0. The number of fused-ring (bicyclic) bond motifs is 3. The number of rotatable bonds is 7. The van der Waals surface area contributed by atoms with E-state index in [0.29, 0.717) is 17.5 Å². The van der Waals surface area contributed by atoms with Gasteiger partial charge in [0.15, 0.2) is 17.5 Å². The van der Waals surface area contributed by atoms with Gasteiger partial charge in [-0.15, -0.1) is 0 Å². The van der Waals surface area contributed by atoms with Crippen molar-refractivity contribution >= 4 is 12.4 Å². The molecule has 1 heterocycles. The first-order valence-electron chi connectivity index (χ1n) is 17.8. The van der Waals surface area contributed by atoms with Gasteiger partial charge in [-0.2, -0.15) is 0 Å².